The number of nitrogens with zero attached hydrogens (tertiary/aromatic N) is 2. The quantitative estimate of drug-likeness (QED) is 0.474. The zero-order valence-electron chi connectivity index (χ0n) is 16.3. The van der Waals surface area contributed by atoms with Crippen LogP contribution in [0.15, 0.2) is 61.1 Å². The number of nitrogens with one attached hydrogen (secondary N) is 2. The summed E-state index contributed by atoms with van der Waals surface area (Å²) in [4.78, 5) is 11.9. The molecule has 30 heavy (non-hydrogen) atoms. The number of aromatic nitrogens is 3. The molecule has 0 amide bonds. The third-order valence-electron chi connectivity index (χ3n) is 5.33. The lowest BCUT2D eigenvalue weighted by atomic mass is 10.0. The lowest BCUT2D eigenvalue weighted by Gasteiger charge is -2.15. The largest absolute Gasteiger partial charge is 0.490 e. The maximum absolute atomic E-state index is 15.1. The number of rotatable bonds is 5. The van der Waals surface area contributed by atoms with E-state index < -0.39 is 5.82 Å². The lowest BCUT2D eigenvalue weighted by Crippen LogP contribution is -2.28. The predicted octanol–water partition coefficient (Wildman–Crippen LogP) is 4.98. The summed E-state index contributed by atoms with van der Waals surface area (Å²) in [5, 5.41) is 3.40. The molecule has 3 aromatic heterocycles. The van der Waals surface area contributed by atoms with Crippen LogP contribution in [0.4, 0.5) is 4.39 Å². The molecule has 1 saturated heterocycles. The Labute approximate surface area is 180 Å². The molecule has 1 aromatic carbocycles. The van der Waals surface area contributed by atoms with Crippen LogP contribution in [0.2, 0.25) is 0 Å². The van der Waals surface area contributed by atoms with Crippen molar-refractivity contribution >= 4 is 23.4 Å². The van der Waals surface area contributed by atoms with E-state index in [4.69, 9.17) is 4.74 Å². The summed E-state index contributed by atoms with van der Waals surface area (Å²) < 4.78 is 21.1. The number of pyridine rings is 2. The van der Waals surface area contributed by atoms with Gasteiger partial charge in [0.2, 0.25) is 0 Å². The van der Waals surface area contributed by atoms with Gasteiger partial charge >= 0.3 is 0 Å². The molecule has 0 bridgehead atoms. The monoisotopic (exact) mass is 424 g/mol. The highest BCUT2D eigenvalue weighted by molar-refractivity contribution is 6.02. The average molecular weight is 425 g/mol. The molecule has 7 heteroatoms. The SMILES string of the molecule is Cl.Fc1cncc(OC[C@@H]2CCCN2)c1-c1[nH]c2cccnc2c1-c1ccccc1. The van der Waals surface area contributed by atoms with Gasteiger partial charge in [-0.05, 0) is 37.1 Å². The summed E-state index contributed by atoms with van der Waals surface area (Å²) in [6.07, 6.45) is 6.75. The van der Waals surface area contributed by atoms with Crippen molar-refractivity contribution in [3.63, 3.8) is 0 Å². The van der Waals surface area contributed by atoms with E-state index in [9.17, 15) is 0 Å². The topological polar surface area (TPSA) is 62.8 Å². The van der Waals surface area contributed by atoms with Gasteiger partial charge in [0.15, 0.2) is 5.82 Å². The zero-order chi connectivity index (χ0) is 19.6. The highest BCUT2D eigenvalue weighted by Crippen LogP contribution is 2.41. The number of fused-ring (bicyclic) bond motifs is 1. The Bertz CT molecular complexity index is 1140. The van der Waals surface area contributed by atoms with Crippen molar-refractivity contribution in [3.8, 4) is 28.1 Å². The van der Waals surface area contributed by atoms with Crippen LogP contribution in [0, 0.1) is 5.82 Å². The number of hydrogen-bond donors (Lipinski definition) is 2. The van der Waals surface area contributed by atoms with Gasteiger partial charge in [0, 0.05) is 17.8 Å². The van der Waals surface area contributed by atoms with E-state index in [0.29, 0.717) is 23.6 Å². The molecule has 1 aliphatic heterocycles. The molecule has 0 unspecified atom stereocenters. The van der Waals surface area contributed by atoms with Crippen LogP contribution in [-0.2, 0) is 0 Å². The molecule has 0 spiro atoms. The van der Waals surface area contributed by atoms with Crippen molar-refractivity contribution in [3.05, 3.63) is 66.9 Å². The fourth-order valence-corrected chi connectivity index (χ4v) is 3.95. The van der Waals surface area contributed by atoms with Crippen molar-refractivity contribution in [2.45, 2.75) is 18.9 Å². The standard InChI is InChI=1S/C23H21FN4O.ClH/c24-17-12-25-13-19(29-14-16-8-4-10-26-16)21(17)23-20(15-6-2-1-3-7-15)22-18(28-23)9-5-11-27-22;/h1-3,5-7,9,11-13,16,26,28H,4,8,10,14H2;1H/t16-;/m0./s1. The minimum Gasteiger partial charge on any atom is -0.490 e. The van der Waals surface area contributed by atoms with E-state index in [0.717, 1.165) is 41.5 Å². The second-order valence-corrected chi connectivity index (χ2v) is 7.24. The minimum atomic E-state index is -0.425. The second-order valence-electron chi connectivity index (χ2n) is 7.24. The van der Waals surface area contributed by atoms with E-state index >= 15 is 4.39 Å². The molecular weight excluding hydrogens is 403 g/mol. The van der Waals surface area contributed by atoms with Crippen LogP contribution in [0.3, 0.4) is 0 Å². The molecule has 5 nitrogen and oxygen atoms in total. The summed E-state index contributed by atoms with van der Waals surface area (Å²) in [6, 6.07) is 14.0. The van der Waals surface area contributed by atoms with E-state index in [-0.39, 0.29) is 18.4 Å². The normalized spacial score (nSPS) is 15.8. The molecular formula is C23H22ClFN4O. The van der Waals surface area contributed by atoms with Crippen LogP contribution in [-0.4, -0.2) is 34.1 Å². The number of halogens is 2. The van der Waals surface area contributed by atoms with Crippen LogP contribution in [0.25, 0.3) is 33.4 Å². The fourth-order valence-electron chi connectivity index (χ4n) is 3.95. The van der Waals surface area contributed by atoms with Gasteiger partial charge in [-0.3, -0.25) is 9.97 Å². The Morgan fingerprint density at radius 2 is 1.93 bits per heavy atom. The van der Waals surface area contributed by atoms with E-state index in [1.807, 2.05) is 42.5 Å². The highest BCUT2D eigenvalue weighted by atomic mass is 35.5. The number of aromatic amines is 1. The van der Waals surface area contributed by atoms with Gasteiger partial charge < -0.3 is 15.0 Å². The number of ether oxygens (including phenoxy) is 1. The van der Waals surface area contributed by atoms with E-state index in [1.54, 1.807) is 12.4 Å². The van der Waals surface area contributed by atoms with Crippen molar-refractivity contribution in [2.75, 3.05) is 13.2 Å². The van der Waals surface area contributed by atoms with Crippen LogP contribution in [0.1, 0.15) is 12.8 Å². The molecule has 154 valence electrons. The Morgan fingerprint density at radius 1 is 1.07 bits per heavy atom. The molecule has 1 fully saturated rings. The number of benzene rings is 1. The molecule has 0 aliphatic carbocycles. The Hall–Kier alpha value is -2.96. The lowest BCUT2D eigenvalue weighted by molar-refractivity contribution is 0.276. The summed E-state index contributed by atoms with van der Waals surface area (Å²) in [5.41, 5.74) is 4.51. The number of hydrogen-bond acceptors (Lipinski definition) is 4. The molecule has 5 rings (SSSR count). The van der Waals surface area contributed by atoms with Gasteiger partial charge in [-0.15, -0.1) is 12.4 Å². The Morgan fingerprint density at radius 3 is 2.73 bits per heavy atom. The summed E-state index contributed by atoms with van der Waals surface area (Å²) >= 11 is 0. The summed E-state index contributed by atoms with van der Waals surface area (Å²) in [5.74, 6) is 0.00746. The molecule has 0 saturated carbocycles. The van der Waals surface area contributed by atoms with Crippen LogP contribution < -0.4 is 10.1 Å². The first-order valence-electron chi connectivity index (χ1n) is 9.83. The molecule has 1 aliphatic rings. The first-order valence-corrected chi connectivity index (χ1v) is 9.83. The first kappa shape index (κ1) is 20.3. The van der Waals surface area contributed by atoms with Gasteiger partial charge in [0.25, 0.3) is 0 Å². The second kappa shape index (κ2) is 8.81. The van der Waals surface area contributed by atoms with E-state index in [1.165, 1.54) is 6.20 Å². The molecule has 1 atom stereocenters. The molecule has 4 heterocycles. The van der Waals surface area contributed by atoms with Crippen molar-refractivity contribution < 1.29 is 9.13 Å². The van der Waals surface area contributed by atoms with Gasteiger partial charge in [0.05, 0.1) is 34.7 Å². The maximum Gasteiger partial charge on any atom is 0.154 e. The molecule has 2 N–H and O–H groups in total. The minimum absolute atomic E-state index is 0. The van der Waals surface area contributed by atoms with Gasteiger partial charge in [-0.1, -0.05) is 30.3 Å². The van der Waals surface area contributed by atoms with Crippen molar-refractivity contribution in [2.24, 2.45) is 0 Å². The highest BCUT2D eigenvalue weighted by Gasteiger charge is 2.23. The van der Waals surface area contributed by atoms with Crippen LogP contribution in [0.5, 0.6) is 5.75 Å². The summed E-state index contributed by atoms with van der Waals surface area (Å²) in [7, 11) is 0. The third kappa shape index (κ3) is 3.76. The van der Waals surface area contributed by atoms with Crippen molar-refractivity contribution in [1.82, 2.24) is 20.3 Å². The zero-order valence-corrected chi connectivity index (χ0v) is 17.1. The van der Waals surface area contributed by atoms with Gasteiger partial charge in [-0.2, -0.15) is 0 Å². The molecule has 4 aromatic rings. The first-order chi connectivity index (χ1) is 14.3. The fraction of sp³-hybridized carbons (Fsp3) is 0.217. The Kier molecular flexibility index (Phi) is 5.97. The third-order valence-corrected chi connectivity index (χ3v) is 5.33. The number of H-pyrrole nitrogens is 1. The predicted molar refractivity (Wildman–Crippen MR) is 118 cm³/mol. The molecule has 0 radical (unpaired) electrons. The summed E-state index contributed by atoms with van der Waals surface area (Å²) in [6.45, 7) is 1.48. The van der Waals surface area contributed by atoms with Gasteiger partial charge in [0.1, 0.15) is 12.4 Å². The smallest absolute Gasteiger partial charge is 0.154 e. The average Bonchev–Trinajstić information content (AvgIpc) is 3.40. The van der Waals surface area contributed by atoms with Crippen molar-refractivity contribution in [1.29, 1.82) is 0 Å². The van der Waals surface area contributed by atoms with E-state index in [2.05, 4.69) is 20.3 Å². The maximum atomic E-state index is 15.1. The van der Waals surface area contributed by atoms with Crippen LogP contribution >= 0.6 is 12.4 Å². The van der Waals surface area contributed by atoms with Gasteiger partial charge in [-0.25, -0.2) is 4.39 Å². The Balaban J connectivity index is 0.00000218.